The lowest BCUT2D eigenvalue weighted by Gasteiger charge is -2.37. The number of carbonyl (C=O) groups is 1. The van der Waals surface area contributed by atoms with Gasteiger partial charge >= 0.3 is 0 Å². The Bertz CT molecular complexity index is 437. The van der Waals surface area contributed by atoms with E-state index in [1.54, 1.807) is 0 Å². The Morgan fingerprint density at radius 2 is 2.05 bits per heavy atom. The summed E-state index contributed by atoms with van der Waals surface area (Å²) in [5.41, 5.74) is 1.27. The number of hydrogen-bond donors (Lipinski definition) is 1. The number of nitrogens with zero attached hydrogens (tertiary/aromatic N) is 1. The minimum absolute atomic E-state index is 0. The van der Waals surface area contributed by atoms with E-state index in [2.05, 4.69) is 17.4 Å². The molecular weight excluding hydrogens is 276 g/mol. The number of halogens is 1. The van der Waals surface area contributed by atoms with Crippen molar-refractivity contribution in [2.75, 3.05) is 32.8 Å². The van der Waals surface area contributed by atoms with Gasteiger partial charge in [0.1, 0.15) is 0 Å². The van der Waals surface area contributed by atoms with Crippen LogP contribution in [-0.4, -0.2) is 49.7 Å². The number of rotatable bonds is 3. The van der Waals surface area contributed by atoms with Crippen LogP contribution in [0.1, 0.15) is 5.56 Å². The molecule has 2 saturated heterocycles. The standard InChI is InChI=1S/C15H20N2O2.ClH/c18-15(13-9-16-10-13)17-6-7-19-14(11-17)8-12-4-2-1-3-5-12;/h1-5,13-14,16H,6-11H2;1H. The first kappa shape index (κ1) is 15.3. The largest absolute Gasteiger partial charge is 0.374 e. The Balaban J connectivity index is 0.00000147. The van der Waals surface area contributed by atoms with E-state index in [4.69, 9.17) is 4.74 Å². The summed E-state index contributed by atoms with van der Waals surface area (Å²) in [4.78, 5) is 14.2. The van der Waals surface area contributed by atoms with Crippen molar-refractivity contribution in [3.63, 3.8) is 0 Å². The monoisotopic (exact) mass is 296 g/mol. The van der Waals surface area contributed by atoms with Gasteiger partial charge in [-0.1, -0.05) is 30.3 Å². The second-order valence-corrected chi connectivity index (χ2v) is 5.32. The lowest BCUT2D eigenvalue weighted by atomic mass is 10.0. The van der Waals surface area contributed by atoms with E-state index >= 15 is 0 Å². The van der Waals surface area contributed by atoms with Gasteiger partial charge in [-0.25, -0.2) is 0 Å². The number of benzene rings is 1. The van der Waals surface area contributed by atoms with Crippen LogP contribution in [0, 0.1) is 5.92 Å². The molecule has 3 rings (SSSR count). The number of carbonyl (C=O) groups excluding carboxylic acids is 1. The number of ether oxygens (including phenoxy) is 1. The van der Waals surface area contributed by atoms with Gasteiger partial charge in [0.2, 0.25) is 5.91 Å². The molecule has 0 saturated carbocycles. The molecule has 2 aliphatic rings. The highest BCUT2D eigenvalue weighted by atomic mass is 35.5. The summed E-state index contributed by atoms with van der Waals surface area (Å²) in [7, 11) is 0. The van der Waals surface area contributed by atoms with Crippen LogP contribution in [0.25, 0.3) is 0 Å². The number of hydrogen-bond acceptors (Lipinski definition) is 3. The average Bonchev–Trinajstić information content (AvgIpc) is 2.38. The second kappa shape index (κ2) is 7.07. The van der Waals surface area contributed by atoms with Crippen molar-refractivity contribution >= 4 is 18.3 Å². The number of morpholine rings is 1. The maximum atomic E-state index is 12.2. The smallest absolute Gasteiger partial charge is 0.228 e. The van der Waals surface area contributed by atoms with Gasteiger partial charge in [-0.15, -0.1) is 12.4 Å². The molecule has 4 nitrogen and oxygen atoms in total. The normalized spacial score (nSPS) is 22.8. The minimum Gasteiger partial charge on any atom is -0.374 e. The summed E-state index contributed by atoms with van der Waals surface area (Å²) in [5, 5.41) is 3.15. The molecule has 0 bridgehead atoms. The molecule has 5 heteroatoms. The van der Waals surface area contributed by atoms with Gasteiger partial charge < -0.3 is 15.0 Å². The van der Waals surface area contributed by atoms with Crippen LogP contribution in [0.5, 0.6) is 0 Å². The van der Waals surface area contributed by atoms with Crippen molar-refractivity contribution in [3.8, 4) is 0 Å². The Kier molecular flexibility index (Phi) is 5.40. The summed E-state index contributed by atoms with van der Waals surface area (Å²) >= 11 is 0. The SMILES string of the molecule is Cl.O=C(C1CNC1)N1CCOC(Cc2ccccc2)C1. The van der Waals surface area contributed by atoms with E-state index in [1.165, 1.54) is 5.56 Å². The van der Waals surface area contributed by atoms with Crippen molar-refractivity contribution in [1.82, 2.24) is 10.2 Å². The van der Waals surface area contributed by atoms with Crippen molar-refractivity contribution in [2.45, 2.75) is 12.5 Å². The van der Waals surface area contributed by atoms with Crippen molar-refractivity contribution in [3.05, 3.63) is 35.9 Å². The first-order chi connectivity index (χ1) is 9.33. The van der Waals surface area contributed by atoms with Crippen LogP contribution in [0.3, 0.4) is 0 Å². The molecule has 0 spiro atoms. The topological polar surface area (TPSA) is 41.6 Å². The molecule has 110 valence electrons. The van der Waals surface area contributed by atoms with Crippen molar-refractivity contribution < 1.29 is 9.53 Å². The average molecular weight is 297 g/mol. The minimum atomic E-state index is 0. The van der Waals surface area contributed by atoms with Crippen LogP contribution in [0.15, 0.2) is 30.3 Å². The first-order valence-corrected chi connectivity index (χ1v) is 6.98. The van der Waals surface area contributed by atoms with Crippen LogP contribution < -0.4 is 5.32 Å². The maximum Gasteiger partial charge on any atom is 0.228 e. The van der Waals surface area contributed by atoms with Gasteiger partial charge in [-0.2, -0.15) is 0 Å². The molecule has 1 aromatic carbocycles. The number of nitrogens with one attached hydrogen (secondary N) is 1. The Hall–Kier alpha value is -1.10. The highest BCUT2D eigenvalue weighted by molar-refractivity contribution is 5.85. The molecule has 20 heavy (non-hydrogen) atoms. The predicted molar refractivity (Wildman–Crippen MR) is 80.1 cm³/mol. The summed E-state index contributed by atoms with van der Waals surface area (Å²) in [5.74, 6) is 0.482. The van der Waals surface area contributed by atoms with E-state index in [0.29, 0.717) is 12.5 Å². The van der Waals surface area contributed by atoms with E-state index in [0.717, 1.165) is 32.6 Å². The lowest BCUT2D eigenvalue weighted by Crippen LogP contribution is -2.55. The molecule has 1 atom stereocenters. The Labute approximate surface area is 125 Å². The van der Waals surface area contributed by atoms with Gasteiger partial charge in [0.15, 0.2) is 0 Å². The molecule has 0 aliphatic carbocycles. The molecule has 2 fully saturated rings. The molecule has 0 radical (unpaired) electrons. The van der Waals surface area contributed by atoms with Crippen LogP contribution in [-0.2, 0) is 16.0 Å². The quantitative estimate of drug-likeness (QED) is 0.908. The maximum absolute atomic E-state index is 12.2. The molecule has 1 unspecified atom stereocenters. The Morgan fingerprint density at radius 3 is 2.70 bits per heavy atom. The fourth-order valence-electron chi connectivity index (χ4n) is 2.64. The first-order valence-electron chi connectivity index (χ1n) is 6.98. The zero-order chi connectivity index (χ0) is 13.1. The molecule has 1 N–H and O–H groups in total. The van der Waals surface area contributed by atoms with Gasteiger partial charge in [0, 0.05) is 32.6 Å². The van der Waals surface area contributed by atoms with Crippen LogP contribution in [0.4, 0.5) is 0 Å². The lowest BCUT2D eigenvalue weighted by molar-refractivity contribution is -0.144. The van der Waals surface area contributed by atoms with Gasteiger partial charge in [0.05, 0.1) is 18.6 Å². The third kappa shape index (κ3) is 3.51. The molecule has 2 aliphatic heterocycles. The summed E-state index contributed by atoms with van der Waals surface area (Å²) < 4.78 is 5.78. The summed E-state index contributed by atoms with van der Waals surface area (Å²) in [6.07, 6.45) is 1.02. The van der Waals surface area contributed by atoms with E-state index in [9.17, 15) is 4.79 Å². The van der Waals surface area contributed by atoms with Gasteiger partial charge in [-0.05, 0) is 5.56 Å². The molecule has 1 amide bonds. The van der Waals surface area contributed by atoms with Crippen LogP contribution in [0.2, 0.25) is 0 Å². The third-order valence-electron chi connectivity index (χ3n) is 3.89. The predicted octanol–water partition coefficient (Wildman–Crippen LogP) is 1.10. The van der Waals surface area contributed by atoms with Crippen LogP contribution >= 0.6 is 12.4 Å². The molecular formula is C15H21ClN2O2. The van der Waals surface area contributed by atoms with E-state index < -0.39 is 0 Å². The highest BCUT2D eigenvalue weighted by Gasteiger charge is 2.32. The fraction of sp³-hybridized carbons (Fsp3) is 0.533. The highest BCUT2D eigenvalue weighted by Crippen LogP contribution is 2.15. The number of amides is 1. The fourth-order valence-corrected chi connectivity index (χ4v) is 2.64. The van der Waals surface area contributed by atoms with E-state index in [-0.39, 0.29) is 24.4 Å². The molecule has 2 heterocycles. The molecule has 1 aromatic rings. The van der Waals surface area contributed by atoms with E-state index in [1.807, 2.05) is 23.1 Å². The third-order valence-corrected chi connectivity index (χ3v) is 3.89. The van der Waals surface area contributed by atoms with Gasteiger partial charge in [0.25, 0.3) is 0 Å². The summed E-state index contributed by atoms with van der Waals surface area (Å²) in [6.45, 7) is 3.79. The Morgan fingerprint density at radius 1 is 1.30 bits per heavy atom. The van der Waals surface area contributed by atoms with Crippen molar-refractivity contribution in [1.29, 1.82) is 0 Å². The zero-order valence-corrected chi connectivity index (χ0v) is 12.3. The zero-order valence-electron chi connectivity index (χ0n) is 11.5. The molecule has 0 aromatic heterocycles. The van der Waals surface area contributed by atoms with Gasteiger partial charge in [-0.3, -0.25) is 4.79 Å². The second-order valence-electron chi connectivity index (χ2n) is 5.32. The van der Waals surface area contributed by atoms with Crippen molar-refractivity contribution in [2.24, 2.45) is 5.92 Å². The summed E-state index contributed by atoms with van der Waals surface area (Å²) in [6, 6.07) is 10.3.